The monoisotopic (exact) mass is 226 g/mol. The summed E-state index contributed by atoms with van der Waals surface area (Å²) in [5.41, 5.74) is 5.31. The lowest BCUT2D eigenvalue weighted by Gasteiger charge is -2.22. The second kappa shape index (κ2) is 4.02. The molecule has 1 aromatic heterocycles. The number of primary amides is 1. The Hall–Kier alpha value is -1.36. The van der Waals surface area contributed by atoms with E-state index in [2.05, 4.69) is 9.97 Å². The van der Waals surface area contributed by atoms with Crippen LogP contribution in [0.25, 0.3) is 0 Å². The zero-order valence-electron chi connectivity index (χ0n) is 8.06. The van der Waals surface area contributed by atoms with Gasteiger partial charge in [0.05, 0.1) is 0 Å². The average molecular weight is 227 g/mol. The summed E-state index contributed by atoms with van der Waals surface area (Å²) in [6.07, 6.45) is 3.28. The summed E-state index contributed by atoms with van der Waals surface area (Å²) >= 11 is 5.69. The van der Waals surface area contributed by atoms with Crippen molar-refractivity contribution in [1.29, 1.82) is 0 Å². The lowest BCUT2D eigenvalue weighted by Crippen LogP contribution is -2.40. The van der Waals surface area contributed by atoms with Gasteiger partial charge in [-0.1, -0.05) is 0 Å². The summed E-state index contributed by atoms with van der Waals surface area (Å²) in [6, 6.07) is 1.46. The van der Waals surface area contributed by atoms with Crippen LogP contribution in [0.4, 0.5) is 5.82 Å². The molecule has 1 amide bonds. The first-order valence-electron chi connectivity index (χ1n) is 4.73. The summed E-state index contributed by atoms with van der Waals surface area (Å²) in [4.78, 5) is 20.9. The van der Waals surface area contributed by atoms with Crippen molar-refractivity contribution >= 4 is 23.3 Å². The number of nitrogens with zero attached hydrogens (tertiary/aromatic N) is 3. The SMILES string of the molecule is NC(=O)C1CCCN1c1ccnc(Cl)n1. The van der Waals surface area contributed by atoms with E-state index in [1.165, 1.54) is 0 Å². The van der Waals surface area contributed by atoms with Crippen molar-refractivity contribution in [2.75, 3.05) is 11.4 Å². The fourth-order valence-corrected chi connectivity index (χ4v) is 1.97. The van der Waals surface area contributed by atoms with E-state index in [9.17, 15) is 4.79 Å². The topological polar surface area (TPSA) is 72.1 Å². The molecule has 0 aromatic carbocycles. The Morgan fingerprint density at radius 1 is 1.67 bits per heavy atom. The van der Waals surface area contributed by atoms with Gasteiger partial charge in [-0.25, -0.2) is 9.97 Å². The third-order valence-corrected chi connectivity index (χ3v) is 2.67. The van der Waals surface area contributed by atoms with Crippen LogP contribution < -0.4 is 10.6 Å². The fourth-order valence-electron chi connectivity index (χ4n) is 1.82. The Balaban J connectivity index is 2.26. The van der Waals surface area contributed by atoms with Crippen LogP contribution in [-0.4, -0.2) is 28.5 Å². The maximum absolute atomic E-state index is 11.2. The Morgan fingerprint density at radius 2 is 2.47 bits per heavy atom. The van der Waals surface area contributed by atoms with E-state index in [0.717, 1.165) is 19.4 Å². The van der Waals surface area contributed by atoms with Crippen LogP contribution >= 0.6 is 11.6 Å². The minimum Gasteiger partial charge on any atom is -0.368 e. The summed E-state index contributed by atoms with van der Waals surface area (Å²) < 4.78 is 0. The number of hydrogen-bond donors (Lipinski definition) is 1. The van der Waals surface area contributed by atoms with Gasteiger partial charge in [0.1, 0.15) is 11.9 Å². The molecule has 0 spiro atoms. The number of anilines is 1. The van der Waals surface area contributed by atoms with Gasteiger partial charge in [0.2, 0.25) is 11.2 Å². The maximum Gasteiger partial charge on any atom is 0.240 e. The third-order valence-electron chi connectivity index (χ3n) is 2.49. The summed E-state index contributed by atoms with van der Waals surface area (Å²) in [7, 11) is 0. The normalized spacial score (nSPS) is 20.6. The molecule has 1 aliphatic rings. The molecule has 2 rings (SSSR count). The molecule has 1 fully saturated rings. The van der Waals surface area contributed by atoms with Gasteiger partial charge in [0, 0.05) is 12.7 Å². The molecule has 80 valence electrons. The smallest absolute Gasteiger partial charge is 0.240 e. The molecule has 0 radical (unpaired) electrons. The van der Waals surface area contributed by atoms with E-state index in [-0.39, 0.29) is 17.2 Å². The quantitative estimate of drug-likeness (QED) is 0.749. The number of halogens is 1. The molecular formula is C9H11ClN4O. The molecule has 1 saturated heterocycles. The first kappa shape index (κ1) is 10.2. The number of carbonyl (C=O) groups excluding carboxylic acids is 1. The van der Waals surface area contributed by atoms with Crippen molar-refractivity contribution in [2.45, 2.75) is 18.9 Å². The van der Waals surface area contributed by atoms with E-state index in [4.69, 9.17) is 17.3 Å². The van der Waals surface area contributed by atoms with Crippen molar-refractivity contribution < 1.29 is 4.79 Å². The molecule has 2 heterocycles. The number of rotatable bonds is 2. The highest BCUT2D eigenvalue weighted by Gasteiger charge is 2.29. The van der Waals surface area contributed by atoms with Crippen molar-refractivity contribution in [1.82, 2.24) is 9.97 Å². The highest BCUT2D eigenvalue weighted by molar-refractivity contribution is 6.28. The predicted molar refractivity (Wildman–Crippen MR) is 56.6 cm³/mol. The lowest BCUT2D eigenvalue weighted by atomic mass is 10.2. The largest absolute Gasteiger partial charge is 0.368 e. The van der Waals surface area contributed by atoms with Gasteiger partial charge in [-0.05, 0) is 30.5 Å². The Labute approximate surface area is 92.3 Å². The van der Waals surface area contributed by atoms with Crippen LogP contribution in [0.1, 0.15) is 12.8 Å². The van der Waals surface area contributed by atoms with Gasteiger partial charge in [0.15, 0.2) is 0 Å². The molecule has 1 unspecified atom stereocenters. The minimum absolute atomic E-state index is 0.183. The number of amides is 1. The molecule has 1 aliphatic heterocycles. The second-order valence-electron chi connectivity index (χ2n) is 3.44. The van der Waals surface area contributed by atoms with Crippen LogP contribution in [0, 0.1) is 0 Å². The van der Waals surface area contributed by atoms with Crippen LogP contribution in [0.3, 0.4) is 0 Å². The molecule has 2 N–H and O–H groups in total. The van der Waals surface area contributed by atoms with Crippen LogP contribution in [0.5, 0.6) is 0 Å². The summed E-state index contributed by atoms with van der Waals surface area (Å²) in [6.45, 7) is 0.779. The van der Waals surface area contributed by atoms with Gasteiger partial charge < -0.3 is 10.6 Å². The highest BCUT2D eigenvalue weighted by Crippen LogP contribution is 2.23. The van der Waals surface area contributed by atoms with E-state index >= 15 is 0 Å². The molecule has 15 heavy (non-hydrogen) atoms. The predicted octanol–water partition coefficient (Wildman–Crippen LogP) is 0.584. The minimum atomic E-state index is -0.317. The average Bonchev–Trinajstić information content (AvgIpc) is 2.65. The van der Waals surface area contributed by atoms with Crippen molar-refractivity contribution in [3.05, 3.63) is 17.5 Å². The van der Waals surface area contributed by atoms with Gasteiger partial charge in [-0.2, -0.15) is 0 Å². The zero-order chi connectivity index (χ0) is 10.8. The highest BCUT2D eigenvalue weighted by atomic mass is 35.5. The maximum atomic E-state index is 11.2. The van der Waals surface area contributed by atoms with Gasteiger partial charge in [-0.15, -0.1) is 0 Å². The zero-order valence-corrected chi connectivity index (χ0v) is 8.81. The number of nitrogens with two attached hydrogens (primary N) is 1. The third kappa shape index (κ3) is 2.02. The van der Waals surface area contributed by atoms with Crippen molar-refractivity contribution in [2.24, 2.45) is 5.73 Å². The van der Waals surface area contributed by atoms with Crippen molar-refractivity contribution in [3.8, 4) is 0 Å². The van der Waals surface area contributed by atoms with Gasteiger partial charge in [-0.3, -0.25) is 4.79 Å². The standard InChI is InChI=1S/C9H11ClN4O/c10-9-12-4-3-7(13-9)14-5-1-2-6(14)8(11)15/h3-4,6H,1-2,5H2,(H2,11,15). The fraction of sp³-hybridized carbons (Fsp3) is 0.444. The molecule has 5 nitrogen and oxygen atoms in total. The summed E-state index contributed by atoms with van der Waals surface area (Å²) in [5, 5.41) is 0.183. The first-order chi connectivity index (χ1) is 7.18. The van der Waals surface area contributed by atoms with Crippen LogP contribution in [0.2, 0.25) is 5.28 Å². The van der Waals surface area contributed by atoms with Crippen molar-refractivity contribution in [3.63, 3.8) is 0 Å². The Morgan fingerprint density at radius 3 is 3.13 bits per heavy atom. The van der Waals surface area contributed by atoms with E-state index in [0.29, 0.717) is 5.82 Å². The number of hydrogen-bond acceptors (Lipinski definition) is 4. The van der Waals surface area contributed by atoms with Crippen LogP contribution in [-0.2, 0) is 4.79 Å². The molecule has 0 aliphatic carbocycles. The van der Waals surface area contributed by atoms with Crippen LogP contribution in [0.15, 0.2) is 12.3 Å². The van der Waals surface area contributed by atoms with Gasteiger partial charge >= 0.3 is 0 Å². The molecule has 1 atom stereocenters. The molecule has 0 saturated carbocycles. The molecule has 1 aromatic rings. The number of aromatic nitrogens is 2. The molecule has 6 heteroatoms. The molecule has 0 bridgehead atoms. The summed E-state index contributed by atoms with van der Waals surface area (Å²) in [5.74, 6) is 0.346. The number of carbonyl (C=O) groups is 1. The van der Waals surface area contributed by atoms with E-state index in [1.807, 2.05) is 4.90 Å². The Kier molecular flexibility index (Phi) is 2.73. The molecular weight excluding hydrogens is 216 g/mol. The lowest BCUT2D eigenvalue weighted by molar-refractivity contribution is -0.119. The van der Waals surface area contributed by atoms with Gasteiger partial charge in [0.25, 0.3) is 0 Å². The second-order valence-corrected chi connectivity index (χ2v) is 3.78. The Bertz CT molecular complexity index is 384. The van der Waals surface area contributed by atoms with E-state index in [1.54, 1.807) is 12.3 Å². The first-order valence-corrected chi connectivity index (χ1v) is 5.11. The van der Waals surface area contributed by atoms with E-state index < -0.39 is 0 Å².